The predicted octanol–water partition coefficient (Wildman–Crippen LogP) is 7.38. The fourth-order valence-electron chi connectivity index (χ4n) is 9.56. The van der Waals surface area contributed by atoms with E-state index in [1.165, 1.54) is 12.8 Å². The van der Waals surface area contributed by atoms with Crippen molar-refractivity contribution in [3.05, 3.63) is 52.5 Å². The monoisotopic (exact) mass is 884 g/mol. The molecule has 63 heavy (non-hydrogen) atoms. The lowest BCUT2D eigenvalue weighted by molar-refractivity contribution is -0.142. The Morgan fingerprint density at radius 1 is 1.11 bits per heavy atom. The third-order valence-electron chi connectivity index (χ3n) is 13.6. The van der Waals surface area contributed by atoms with Gasteiger partial charge in [-0.25, -0.2) is 14.8 Å². The Labute approximate surface area is 374 Å². The summed E-state index contributed by atoms with van der Waals surface area (Å²) in [7, 11) is 1.64. The second-order valence-corrected chi connectivity index (χ2v) is 20.4. The van der Waals surface area contributed by atoms with Gasteiger partial charge in [0.1, 0.15) is 41.8 Å². The quantitative estimate of drug-likeness (QED) is 0.147. The summed E-state index contributed by atoms with van der Waals surface area (Å²) >= 11 is 1.60. The molecule has 1 saturated heterocycles. The number of rotatable bonds is 13. The lowest BCUT2D eigenvalue weighted by atomic mass is 9.87. The lowest BCUT2D eigenvalue weighted by Gasteiger charge is -2.32. The maximum absolute atomic E-state index is 15.0. The number of ether oxygens (including phenoxy) is 4. The normalized spacial score (nSPS) is 26.3. The van der Waals surface area contributed by atoms with Crippen LogP contribution in [0, 0.1) is 23.2 Å². The molecular weight excluding hydrogens is 821 g/mol. The molecule has 340 valence electrons. The van der Waals surface area contributed by atoms with Gasteiger partial charge in [-0.15, -0.1) is 17.9 Å². The van der Waals surface area contributed by atoms with Crippen molar-refractivity contribution >= 4 is 46.1 Å². The Balaban J connectivity index is 1.14. The molecule has 14 nitrogen and oxygen atoms in total. The molecule has 3 saturated carbocycles. The van der Waals surface area contributed by atoms with Crippen LogP contribution in [0.2, 0.25) is 0 Å². The second-order valence-electron chi connectivity index (χ2n) is 19.5. The molecular formula is C48H64N6O8S. The number of fused-ring (bicyclic) bond motifs is 3. The molecule has 3 aromatic rings. The Morgan fingerprint density at radius 2 is 1.90 bits per heavy atom. The van der Waals surface area contributed by atoms with Gasteiger partial charge in [0.25, 0.3) is 0 Å². The predicted molar refractivity (Wildman–Crippen MR) is 240 cm³/mol. The molecule has 0 spiro atoms. The van der Waals surface area contributed by atoms with E-state index in [9.17, 15) is 14.4 Å². The number of benzene rings is 1. The topological polar surface area (TPSA) is 170 Å². The summed E-state index contributed by atoms with van der Waals surface area (Å²) in [6.45, 7) is 13.3. The average molecular weight is 885 g/mol. The molecule has 4 amide bonds. The van der Waals surface area contributed by atoms with Crippen LogP contribution < -0.4 is 30.2 Å². The number of hydrogen-bond donors (Lipinski definition) is 3. The number of pyridine rings is 1. The van der Waals surface area contributed by atoms with Crippen molar-refractivity contribution in [2.75, 3.05) is 26.8 Å². The summed E-state index contributed by atoms with van der Waals surface area (Å²) in [5.41, 5.74) is 0.862. The van der Waals surface area contributed by atoms with Gasteiger partial charge in [-0.3, -0.25) is 14.4 Å². The largest absolute Gasteiger partial charge is 0.496 e. The molecule has 0 radical (unpaired) electrons. The number of aromatic nitrogens is 2. The number of carbonyl (C=O) groups is 4. The number of amides is 4. The van der Waals surface area contributed by atoms with E-state index < -0.39 is 35.7 Å². The first-order valence-corrected chi connectivity index (χ1v) is 23.9. The van der Waals surface area contributed by atoms with Crippen LogP contribution in [0.4, 0.5) is 4.79 Å². The van der Waals surface area contributed by atoms with Crippen LogP contribution in [0.5, 0.6) is 17.4 Å². The second kappa shape index (κ2) is 18.7. The Morgan fingerprint density at radius 3 is 2.60 bits per heavy atom. The highest BCUT2D eigenvalue weighted by Crippen LogP contribution is 2.45. The fraction of sp³-hybridized carbons (Fsp3) is 0.625. The van der Waals surface area contributed by atoms with Crippen molar-refractivity contribution in [2.45, 2.75) is 141 Å². The molecule has 5 aliphatic rings. The van der Waals surface area contributed by atoms with Gasteiger partial charge in [0, 0.05) is 47.7 Å². The minimum Gasteiger partial charge on any atom is -0.496 e. The van der Waals surface area contributed by atoms with E-state index in [-0.39, 0.29) is 55.2 Å². The van der Waals surface area contributed by atoms with Crippen LogP contribution in [0.25, 0.3) is 10.9 Å². The highest BCUT2D eigenvalue weighted by atomic mass is 32.1. The maximum atomic E-state index is 15.0. The first kappa shape index (κ1) is 44.7. The number of aryl methyl sites for hydroxylation is 1. The maximum Gasteiger partial charge on any atom is 0.407 e. The Bertz CT molecular complexity index is 2200. The minimum atomic E-state index is -1.15. The van der Waals surface area contributed by atoms with E-state index in [1.807, 2.05) is 17.5 Å². The number of thiazole rings is 1. The number of hydrogen-bond acceptors (Lipinski definition) is 11. The van der Waals surface area contributed by atoms with Crippen LogP contribution in [-0.2, 0) is 32.1 Å². The third-order valence-corrected chi connectivity index (χ3v) is 14.8. The van der Waals surface area contributed by atoms with Gasteiger partial charge in [-0.2, -0.15) is 0 Å². The SMILES string of the molecule is C=CC1CC1(NC(=O)[C@@H]1C[C@@H]2CN1C(=O)[C@H](C1CCCC1)NC(=O)OCC(C)(C)CCCc1cc3c(cc(OCc4csc(C(C)C)n4)nc3cc1OC)O2)C(=O)NCCC1CC1. The van der Waals surface area contributed by atoms with Gasteiger partial charge in [0.2, 0.25) is 23.6 Å². The highest BCUT2D eigenvalue weighted by molar-refractivity contribution is 7.09. The molecule has 5 atom stereocenters. The van der Waals surface area contributed by atoms with E-state index in [4.69, 9.17) is 28.9 Å². The number of cyclic esters (lactones) is 1. The van der Waals surface area contributed by atoms with Crippen molar-refractivity contribution in [1.29, 1.82) is 0 Å². The molecule has 15 heteroatoms. The number of carbonyl (C=O) groups excluding carboxylic acids is 4. The van der Waals surface area contributed by atoms with Crippen molar-refractivity contribution in [3.8, 4) is 17.4 Å². The standard InChI is InChI=1S/C48H64N6O8S/c1-7-32-23-48(32,45(57)49-18-16-29-14-15-29)53-42(55)37-20-34-24-54(37)44(56)41(30-11-8-9-12-30)52-46(58)61-27-47(4,5)17-10-13-31-19-35-36(21-38(31)59-6)51-40(22-39(35)62-34)60-25-33-26-63-43(50-33)28(2)3/h7,19,21-22,26,28-30,32,34,37,41H,1,8-18,20,23-25,27H2,2-6H3,(H,49,57)(H,52,58)(H,53,55)/t32?,34-,37+,41+,48?/m1/s1. The van der Waals surface area contributed by atoms with E-state index in [0.717, 1.165) is 66.6 Å². The summed E-state index contributed by atoms with van der Waals surface area (Å²) in [6, 6.07) is 3.81. The molecule has 4 bridgehead atoms. The fourth-order valence-corrected chi connectivity index (χ4v) is 10.4. The van der Waals surface area contributed by atoms with Crippen LogP contribution in [0.15, 0.2) is 36.2 Å². The number of nitrogens with one attached hydrogen (secondary N) is 3. The molecule has 8 rings (SSSR count). The van der Waals surface area contributed by atoms with Crippen molar-refractivity contribution in [1.82, 2.24) is 30.8 Å². The molecule has 4 fully saturated rings. The van der Waals surface area contributed by atoms with Crippen LogP contribution in [0.1, 0.15) is 121 Å². The summed E-state index contributed by atoms with van der Waals surface area (Å²) in [6.07, 6.45) is 9.86. The van der Waals surface area contributed by atoms with Gasteiger partial charge < -0.3 is 39.8 Å². The van der Waals surface area contributed by atoms with E-state index in [0.29, 0.717) is 54.1 Å². The van der Waals surface area contributed by atoms with E-state index in [2.05, 4.69) is 50.2 Å². The summed E-state index contributed by atoms with van der Waals surface area (Å²) in [5, 5.41) is 12.9. The zero-order valence-electron chi connectivity index (χ0n) is 37.5. The number of alkyl carbamates (subject to hydrolysis) is 1. The first-order valence-electron chi connectivity index (χ1n) is 23.0. The molecule has 4 heterocycles. The summed E-state index contributed by atoms with van der Waals surface area (Å²) < 4.78 is 25.0. The highest BCUT2D eigenvalue weighted by Gasteiger charge is 2.61. The van der Waals surface area contributed by atoms with E-state index >= 15 is 4.79 Å². The number of nitrogens with zero attached hydrogens (tertiary/aromatic N) is 3. The van der Waals surface area contributed by atoms with Gasteiger partial charge in [0.15, 0.2) is 0 Å². The van der Waals surface area contributed by atoms with Crippen molar-refractivity contribution < 1.29 is 38.1 Å². The minimum absolute atomic E-state index is 0.0647. The summed E-state index contributed by atoms with van der Waals surface area (Å²) in [5.74, 6) is 1.01. The third kappa shape index (κ3) is 10.2. The Kier molecular flexibility index (Phi) is 13.2. The van der Waals surface area contributed by atoms with Gasteiger partial charge in [-0.1, -0.05) is 59.5 Å². The van der Waals surface area contributed by atoms with Gasteiger partial charge >= 0.3 is 6.09 Å². The molecule has 2 aliphatic heterocycles. The number of methoxy groups -OCH3 is 1. The molecule has 3 N–H and O–H groups in total. The molecule has 1 aromatic carbocycles. The van der Waals surface area contributed by atoms with Crippen LogP contribution >= 0.6 is 11.3 Å². The zero-order valence-corrected chi connectivity index (χ0v) is 38.3. The Hall–Kier alpha value is -4.92. The zero-order chi connectivity index (χ0) is 44.5. The molecule has 2 unspecified atom stereocenters. The first-order chi connectivity index (χ1) is 30.3. The molecule has 2 aromatic heterocycles. The van der Waals surface area contributed by atoms with Gasteiger partial charge in [0.05, 0.1) is 36.5 Å². The van der Waals surface area contributed by atoms with Crippen molar-refractivity contribution in [3.63, 3.8) is 0 Å². The summed E-state index contributed by atoms with van der Waals surface area (Å²) in [4.78, 5) is 68.3. The average Bonchev–Trinajstić information content (AvgIpc) is 3.95. The smallest absolute Gasteiger partial charge is 0.407 e. The van der Waals surface area contributed by atoms with Gasteiger partial charge in [-0.05, 0) is 73.8 Å². The van der Waals surface area contributed by atoms with E-state index in [1.54, 1.807) is 35.5 Å². The lowest BCUT2D eigenvalue weighted by Crippen LogP contribution is -2.58. The van der Waals surface area contributed by atoms with Crippen LogP contribution in [0.3, 0.4) is 0 Å². The van der Waals surface area contributed by atoms with Crippen molar-refractivity contribution in [2.24, 2.45) is 23.2 Å². The van der Waals surface area contributed by atoms with Crippen LogP contribution in [-0.4, -0.2) is 89.2 Å². The molecule has 3 aliphatic carbocycles.